The van der Waals surface area contributed by atoms with Crippen molar-refractivity contribution in [1.82, 2.24) is 0 Å². The molecule has 0 amide bonds. The van der Waals surface area contributed by atoms with Gasteiger partial charge in [0.1, 0.15) is 0 Å². The third kappa shape index (κ3) is 30.9. The molecule has 39 heavy (non-hydrogen) atoms. The highest BCUT2D eigenvalue weighted by Crippen LogP contribution is 2.33. The zero-order valence-corrected chi connectivity index (χ0v) is 27.0. The minimum Gasteiger partial charge on any atom is -0.396 e. The number of hydrogen-bond donors (Lipinski definition) is 5. The molecule has 0 heterocycles. The monoisotopic (exact) mass is 582 g/mol. The van der Waals surface area contributed by atoms with Crippen LogP contribution in [0.1, 0.15) is 143 Å². The molecule has 0 rings (SSSR count). The van der Waals surface area contributed by atoms with Crippen LogP contribution in [0.15, 0.2) is 0 Å². The van der Waals surface area contributed by atoms with Crippen LogP contribution in [0.5, 0.6) is 0 Å². The second-order valence-electron chi connectivity index (χ2n) is 12.1. The van der Waals surface area contributed by atoms with Crippen LogP contribution >= 0.6 is 8.60 Å². The summed E-state index contributed by atoms with van der Waals surface area (Å²) in [5.74, 6) is 1.70. The molecule has 0 aromatic heterocycles. The predicted molar refractivity (Wildman–Crippen MR) is 165 cm³/mol. The van der Waals surface area contributed by atoms with E-state index in [1.807, 2.05) is 0 Å². The van der Waals surface area contributed by atoms with E-state index in [4.69, 9.17) is 29.5 Å². The molecule has 0 spiro atoms. The molecule has 0 aliphatic heterocycles. The lowest BCUT2D eigenvalue weighted by Gasteiger charge is -2.23. The number of unbranched alkanes of at least 4 members (excludes halogenated alkanes) is 14. The van der Waals surface area contributed by atoms with E-state index in [1.165, 1.54) is 103 Å². The van der Waals surface area contributed by atoms with Crippen LogP contribution in [0.3, 0.4) is 0 Å². The molecule has 0 bridgehead atoms. The summed E-state index contributed by atoms with van der Waals surface area (Å²) in [5.41, 5.74) is -1.11. The third-order valence-corrected chi connectivity index (χ3v) is 7.90. The average Bonchev–Trinajstić information content (AvgIpc) is 2.92. The highest BCUT2D eigenvalue weighted by Gasteiger charge is 2.26. The van der Waals surface area contributed by atoms with E-state index >= 15 is 0 Å². The minimum absolute atomic E-state index is 0.406. The lowest BCUT2D eigenvalue weighted by molar-refractivity contribution is -0.0328. The second kappa shape index (κ2) is 31.1. The van der Waals surface area contributed by atoms with Crippen molar-refractivity contribution in [1.29, 1.82) is 0 Å². The fourth-order valence-electron chi connectivity index (χ4n) is 4.05. The summed E-state index contributed by atoms with van der Waals surface area (Å²) in [4.78, 5) is 9.79. The maximum atomic E-state index is 9.79. The molecule has 0 unspecified atom stereocenters. The van der Waals surface area contributed by atoms with Gasteiger partial charge in [0.2, 0.25) is 0 Å². The van der Waals surface area contributed by atoms with Crippen LogP contribution in [-0.2, 0) is 9.05 Å². The van der Waals surface area contributed by atoms with Gasteiger partial charge in [-0.1, -0.05) is 130 Å². The molecule has 0 atom stereocenters. The van der Waals surface area contributed by atoms with Crippen molar-refractivity contribution in [2.45, 2.75) is 143 Å². The SMILES string of the molecule is CC(C)CCCCCCCCCCOP(O)OCCCCCCCCCCC(C)C.OCC(CO)(CO)CO. The lowest BCUT2D eigenvalue weighted by atomic mass is 9.93. The second-order valence-corrected chi connectivity index (χ2v) is 13.1. The highest BCUT2D eigenvalue weighted by atomic mass is 31.2. The zero-order valence-electron chi connectivity index (χ0n) is 26.1. The standard InChI is InChI=1S/C26H55O3P.C5H12O4/c1-25(2)21-17-13-9-5-7-11-15-19-23-28-30(27)29-24-20-16-12-8-6-10-14-18-22-26(3)4;6-1-5(2-7,3-8)4-9/h25-27H,5-24H2,1-4H3;6-9H,1-4H2. The minimum atomic E-state index is -1.66. The fourth-order valence-corrected chi connectivity index (χ4v) is 4.70. The van der Waals surface area contributed by atoms with Gasteiger partial charge in [-0.25, -0.2) is 0 Å². The molecule has 8 heteroatoms. The van der Waals surface area contributed by atoms with Crippen LogP contribution in [0.2, 0.25) is 0 Å². The summed E-state index contributed by atoms with van der Waals surface area (Å²) >= 11 is 0. The van der Waals surface area contributed by atoms with Gasteiger partial charge in [-0.15, -0.1) is 0 Å². The summed E-state index contributed by atoms with van der Waals surface area (Å²) in [6, 6.07) is 0. The van der Waals surface area contributed by atoms with Gasteiger partial charge in [0, 0.05) is 0 Å². The molecule has 0 aromatic rings. The first kappa shape index (κ1) is 41.3. The van der Waals surface area contributed by atoms with E-state index in [0.717, 1.165) is 24.7 Å². The molecule has 7 nitrogen and oxygen atoms in total. The van der Waals surface area contributed by atoms with Gasteiger partial charge in [0.15, 0.2) is 0 Å². The van der Waals surface area contributed by atoms with Gasteiger partial charge >= 0.3 is 8.60 Å². The predicted octanol–water partition coefficient (Wildman–Crippen LogP) is 7.51. The Morgan fingerprint density at radius 2 is 0.718 bits per heavy atom. The smallest absolute Gasteiger partial charge is 0.329 e. The molecule has 0 saturated heterocycles. The summed E-state index contributed by atoms with van der Waals surface area (Å²) < 4.78 is 10.8. The van der Waals surface area contributed by atoms with Crippen molar-refractivity contribution in [3.8, 4) is 0 Å². The van der Waals surface area contributed by atoms with E-state index < -0.39 is 40.4 Å². The fraction of sp³-hybridized carbons (Fsp3) is 1.00. The van der Waals surface area contributed by atoms with Gasteiger partial charge in [0.25, 0.3) is 0 Å². The largest absolute Gasteiger partial charge is 0.396 e. The van der Waals surface area contributed by atoms with Crippen molar-refractivity contribution >= 4 is 8.60 Å². The maximum Gasteiger partial charge on any atom is 0.329 e. The average molecular weight is 583 g/mol. The first-order chi connectivity index (χ1) is 18.8. The molecule has 0 aliphatic carbocycles. The van der Waals surface area contributed by atoms with E-state index in [-0.39, 0.29) is 0 Å². The molecule has 0 fully saturated rings. The van der Waals surface area contributed by atoms with Crippen LogP contribution in [0.4, 0.5) is 0 Å². The Balaban J connectivity index is 0. The molecule has 0 aromatic carbocycles. The van der Waals surface area contributed by atoms with Crippen LogP contribution < -0.4 is 0 Å². The van der Waals surface area contributed by atoms with Crippen molar-refractivity contribution in [2.75, 3.05) is 39.6 Å². The summed E-state index contributed by atoms with van der Waals surface area (Å²) in [6.07, 6.45) is 23.6. The molecule has 238 valence electrons. The zero-order chi connectivity index (χ0) is 29.6. The highest BCUT2D eigenvalue weighted by molar-refractivity contribution is 7.40. The van der Waals surface area contributed by atoms with Gasteiger partial charge < -0.3 is 34.4 Å². The van der Waals surface area contributed by atoms with Crippen LogP contribution in [0.25, 0.3) is 0 Å². The Hall–Kier alpha value is 0.150. The Kier molecular flexibility index (Phi) is 32.9. The first-order valence-corrected chi connectivity index (χ1v) is 17.1. The number of aliphatic hydroxyl groups excluding tert-OH is 4. The van der Waals surface area contributed by atoms with E-state index in [0.29, 0.717) is 13.2 Å². The van der Waals surface area contributed by atoms with Crippen molar-refractivity contribution in [3.05, 3.63) is 0 Å². The van der Waals surface area contributed by atoms with E-state index in [2.05, 4.69) is 27.7 Å². The number of aliphatic hydroxyl groups is 4. The van der Waals surface area contributed by atoms with Gasteiger partial charge in [-0.3, -0.25) is 0 Å². The molecule has 0 saturated carbocycles. The van der Waals surface area contributed by atoms with E-state index in [9.17, 15) is 4.89 Å². The van der Waals surface area contributed by atoms with E-state index in [1.54, 1.807) is 0 Å². The number of rotatable bonds is 28. The summed E-state index contributed by atoms with van der Waals surface area (Å²) in [5, 5.41) is 34.0. The quantitative estimate of drug-likeness (QED) is 0.0478. The van der Waals surface area contributed by atoms with Crippen LogP contribution in [0, 0.1) is 17.3 Å². The van der Waals surface area contributed by atoms with Crippen molar-refractivity contribution < 1.29 is 34.4 Å². The van der Waals surface area contributed by atoms with Gasteiger partial charge in [-0.2, -0.15) is 0 Å². The molecule has 0 aliphatic rings. The summed E-state index contributed by atoms with van der Waals surface area (Å²) in [6.45, 7) is 8.88. The van der Waals surface area contributed by atoms with Gasteiger partial charge in [0.05, 0.1) is 45.1 Å². The molecule has 5 N–H and O–H groups in total. The lowest BCUT2D eigenvalue weighted by Crippen LogP contribution is -2.37. The summed E-state index contributed by atoms with van der Waals surface area (Å²) in [7, 11) is -1.66. The van der Waals surface area contributed by atoms with Crippen molar-refractivity contribution in [3.63, 3.8) is 0 Å². The third-order valence-electron chi connectivity index (χ3n) is 7.10. The Labute approximate surface area is 243 Å². The van der Waals surface area contributed by atoms with Crippen LogP contribution in [-0.4, -0.2) is 65.0 Å². The normalized spacial score (nSPS) is 12.0. The topological polar surface area (TPSA) is 120 Å². The maximum absolute atomic E-state index is 9.79. The van der Waals surface area contributed by atoms with Crippen molar-refractivity contribution in [2.24, 2.45) is 17.3 Å². The molecular formula is C31H67O7P. The number of hydrogen-bond acceptors (Lipinski definition) is 7. The molecular weight excluding hydrogens is 515 g/mol. The Morgan fingerprint density at radius 3 is 0.949 bits per heavy atom. The molecule has 0 radical (unpaired) electrons. The first-order valence-electron chi connectivity index (χ1n) is 15.9. The van der Waals surface area contributed by atoms with Gasteiger partial charge in [-0.05, 0) is 24.7 Å². The Bertz CT molecular complexity index is 415. The Morgan fingerprint density at radius 1 is 0.462 bits per heavy atom.